The van der Waals surface area contributed by atoms with Gasteiger partial charge in [0.25, 0.3) is 11.8 Å². The fraction of sp³-hybridized carbons (Fsp3) is 0.475. The van der Waals surface area contributed by atoms with Crippen LogP contribution in [0.15, 0.2) is 42.6 Å². The molecule has 0 unspecified atom stereocenters. The molecule has 1 aliphatic carbocycles. The molecule has 52 heavy (non-hydrogen) atoms. The number of rotatable bonds is 8. The van der Waals surface area contributed by atoms with Crippen molar-refractivity contribution in [3.05, 3.63) is 70.5 Å². The molecule has 7 rings (SSSR count). The number of carbonyl (C=O) groups is 2. The molecule has 3 aliphatic rings. The van der Waals surface area contributed by atoms with Gasteiger partial charge in [-0.1, -0.05) is 39.2 Å². The molecule has 276 valence electrons. The Morgan fingerprint density at radius 2 is 1.75 bits per heavy atom. The number of fused-ring (bicyclic) bond motifs is 5. The van der Waals surface area contributed by atoms with E-state index in [0.29, 0.717) is 36.8 Å². The molecule has 1 saturated carbocycles. The van der Waals surface area contributed by atoms with Gasteiger partial charge in [0, 0.05) is 42.2 Å². The van der Waals surface area contributed by atoms with Crippen molar-refractivity contribution in [2.75, 3.05) is 26.0 Å². The number of amides is 2. The van der Waals surface area contributed by atoms with Gasteiger partial charge in [-0.3, -0.25) is 14.3 Å². The van der Waals surface area contributed by atoms with E-state index in [2.05, 4.69) is 26.5 Å². The first-order valence-electron chi connectivity index (χ1n) is 18.4. The van der Waals surface area contributed by atoms with Crippen molar-refractivity contribution >= 4 is 44.4 Å². The lowest BCUT2D eigenvalue weighted by atomic mass is 9.81. The minimum Gasteiger partial charge on any atom is -0.497 e. The summed E-state index contributed by atoms with van der Waals surface area (Å²) in [6.07, 6.45) is 9.24. The van der Waals surface area contributed by atoms with Gasteiger partial charge >= 0.3 is 0 Å². The summed E-state index contributed by atoms with van der Waals surface area (Å²) in [7, 11) is -0.302. The molecule has 0 bridgehead atoms. The number of morpholine rings is 1. The van der Waals surface area contributed by atoms with Gasteiger partial charge in [0.05, 0.1) is 54.8 Å². The molecule has 0 spiro atoms. The number of benzene rings is 2. The van der Waals surface area contributed by atoms with Gasteiger partial charge in [0.1, 0.15) is 5.75 Å². The SMILES string of the molecule is COc1ccc2c(c1)C=C(c1c(C(=O)N3C[C@@H](C)O[C@@H](C)C3)cnn1C)Cn1c-2c(C2CCCCC2)c2ccc(C(=O)NS(=O)(=O)CC(C)C)cc21. The van der Waals surface area contributed by atoms with Crippen molar-refractivity contribution in [3.8, 4) is 17.0 Å². The Balaban J connectivity index is 1.42. The number of aryl methyl sites for hydroxylation is 1. The van der Waals surface area contributed by atoms with Gasteiger partial charge in [-0.2, -0.15) is 5.10 Å². The van der Waals surface area contributed by atoms with Crippen molar-refractivity contribution < 1.29 is 27.5 Å². The second-order valence-corrected chi connectivity index (χ2v) is 16.9. The van der Waals surface area contributed by atoms with E-state index in [1.165, 1.54) is 12.0 Å². The molecule has 2 atom stereocenters. The predicted octanol–water partition coefficient (Wildman–Crippen LogP) is 6.62. The lowest BCUT2D eigenvalue weighted by Crippen LogP contribution is -2.48. The third kappa shape index (κ3) is 6.90. The highest BCUT2D eigenvalue weighted by Gasteiger charge is 2.34. The second-order valence-electron chi connectivity index (χ2n) is 15.1. The summed E-state index contributed by atoms with van der Waals surface area (Å²) in [6, 6.07) is 11.7. The Labute approximate surface area is 306 Å². The number of nitrogens with one attached hydrogen (secondary N) is 1. The minimum absolute atomic E-state index is 0.0805. The number of methoxy groups -OCH3 is 1. The number of carbonyl (C=O) groups excluding carboxylic acids is 2. The monoisotopic (exact) mass is 727 g/mol. The van der Waals surface area contributed by atoms with E-state index in [-0.39, 0.29) is 35.3 Å². The highest BCUT2D eigenvalue weighted by molar-refractivity contribution is 7.90. The summed E-state index contributed by atoms with van der Waals surface area (Å²) in [6.45, 7) is 8.95. The Morgan fingerprint density at radius 3 is 2.44 bits per heavy atom. The molecule has 2 amide bonds. The third-order valence-electron chi connectivity index (χ3n) is 10.5. The first kappa shape index (κ1) is 36.0. The standard InChI is InChI=1S/C40H49N5O6S/c1-24(2)23-52(48,49)42-39(46)28-12-14-33-35(18-28)45-22-30(37-34(19-41-43(37)5)40(47)44-20-25(3)51-26(4)21-44)16-29-17-31(50-6)13-15-32(29)38(45)36(33)27-10-8-7-9-11-27/h12-19,24-27H,7-11,20-23H2,1-6H3,(H,42,46)/t25-,26+. The molecule has 2 aromatic carbocycles. The highest BCUT2D eigenvalue weighted by atomic mass is 32.2. The smallest absolute Gasteiger partial charge is 0.264 e. The molecule has 2 aromatic heterocycles. The zero-order chi connectivity index (χ0) is 36.9. The van der Waals surface area contributed by atoms with E-state index < -0.39 is 15.9 Å². The van der Waals surface area contributed by atoms with Crippen LogP contribution in [0.1, 0.15) is 103 Å². The van der Waals surface area contributed by atoms with Crippen molar-refractivity contribution in [2.45, 2.75) is 84.5 Å². The Kier molecular flexibility index (Phi) is 9.81. The first-order valence-corrected chi connectivity index (χ1v) is 20.1. The average molecular weight is 728 g/mol. The fourth-order valence-corrected chi connectivity index (χ4v) is 9.86. The van der Waals surface area contributed by atoms with Crippen LogP contribution in [0.2, 0.25) is 0 Å². The summed E-state index contributed by atoms with van der Waals surface area (Å²) < 4.78 is 43.6. The van der Waals surface area contributed by atoms with Crippen LogP contribution in [-0.4, -0.2) is 77.6 Å². The number of hydrogen-bond donors (Lipinski definition) is 1. The van der Waals surface area contributed by atoms with Gasteiger partial charge in [-0.25, -0.2) is 13.1 Å². The van der Waals surface area contributed by atoms with Crippen LogP contribution in [0, 0.1) is 5.92 Å². The normalized spacial score (nSPS) is 19.6. The molecule has 0 radical (unpaired) electrons. The quantitative estimate of drug-likeness (QED) is 0.217. The molecular formula is C40H49N5O6S. The summed E-state index contributed by atoms with van der Waals surface area (Å²) in [5.74, 6) is 0.0143. The van der Waals surface area contributed by atoms with Crippen molar-refractivity contribution in [1.82, 2.24) is 24.0 Å². The second kappa shape index (κ2) is 14.2. The highest BCUT2D eigenvalue weighted by Crippen LogP contribution is 2.48. The van der Waals surface area contributed by atoms with Crippen molar-refractivity contribution in [1.29, 1.82) is 0 Å². The van der Waals surface area contributed by atoms with E-state index in [9.17, 15) is 18.0 Å². The predicted molar refractivity (Wildman–Crippen MR) is 203 cm³/mol. The number of allylic oxidation sites excluding steroid dienone is 1. The molecule has 1 N–H and O–H groups in total. The topological polar surface area (TPSA) is 125 Å². The number of aromatic nitrogens is 3. The molecule has 4 heterocycles. The molecule has 2 aliphatic heterocycles. The Morgan fingerprint density at radius 1 is 1.02 bits per heavy atom. The molecule has 4 aromatic rings. The van der Waals surface area contributed by atoms with Gasteiger partial charge in [-0.15, -0.1) is 0 Å². The maximum Gasteiger partial charge on any atom is 0.264 e. The summed E-state index contributed by atoms with van der Waals surface area (Å²) >= 11 is 0. The maximum absolute atomic E-state index is 14.2. The average Bonchev–Trinajstić information content (AvgIpc) is 3.58. The summed E-state index contributed by atoms with van der Waals surface area (Å²) in [4.78, 5) is 29.6. The lowest BCUT2D eigenvalue weighted by molar-refractivity contribution is -0.0586. The molecule has 12 heteroatoms. The van der Waals surface area contributed by atoms with Crippen LogP contribution in [0.5, 0.6) is 5.75 Å². The van der Waals surface area contributed by atoms with Crippen LogP contribution in [0.25, 0.3) is 33.8 Å². The summed E-state index contributed by atoms with van der Waals surface area (Å²) in [5.41, 5.74) is 7.53. The molecule has 1 saturated heterocycles. The van der Waals surface area contributed by atoms with E-state index in [4.69, 9.17) is 9.47 Å². The first-order chi connectivity index (χ1) is 24.8. The molecule has 11 nitrogen and oxygen atoms in total. The third-order valence-corrected chi connectivity index (χ3v) is 12.1. The Bertz CT molecular complexity index is 2160. The van der Waals surface area contributed by atoms with Crippen LogP contribution >= 0.6 is 0 Å². The Hall–Kier alpha value is -4.42. The van der Waals surface area contributed by atoms with Gasteiger partial charge in [0.15, 0.2) is 0 Å². The maximum atomic E-state index is 14.2. The van der Waals surface area contributed by atoms with Gasteiger partial charge in [-0.05, 0) is 91.6 Å². The number of nitrogens with zero attached hydrogens (tertiary/aromatic N) is 4. The number of sulfonamides is 1. The van der Waals surface area contributed by atoms with E-state index in [0.717, 1.165) is 64.7 Å². The fourth-order valence-electron chi connectivity index (χ4n) is 8.50. The van der Waals surface area contributed by atoms with E-state index >= 15 is 0 Å². The van der Waals surface area contributed by atoms with E-state index in [1.807, 2.05) is 50.1 Å². The van der Waals surface area contributed by atoms with Gasteiger partial charge in [0.2, 0.25) is 10.0 Å². The molecular weight excluding hydrogens is 679 g/mol. The zero-order valence-electron chi connectivity index (χ0n) is 30.9. The zero-order valence-corrected chi connectivity index (χ0v) is 31.8. The summed E-state index contributed by atoms with van der Waals surface area (Å²) in [5, 5.41) is 5.65. The largest absolute Gasteiger partial charge is 0.497 e. The number of ether oxygens (including phenoxy) is 2. The van der Waals surface area contributed by atoms with Crippen molar-refractivity contribution in [2.24, 2.45) is 13.0 Å². The lowest BCUT2D eigenvalue weighted by Gasteiger charge is -2.35. The van der Waals surface area contributed by atoms with Crippen molar-refractivity contribution in [3.63, 3.8) is 0 Å². The minimum atomic E-state index is -3.82. The number of hydrogen-bond acceptors (Lipinski definition) is 7. The van der Waals surface area contributed by atoms with Crippen LogP contribution in [0.4, 0.5) is 0 Å². The van der Waals surface area contributed by atoms with Crippen LogP contribution in [-0.2, 0) is 28.4 Å². The van der Waals surface area contributed by atoms with Gasteiger partial charge < -0.3 is 18.9 Å². The van der Waals surface area contributed by atoms with E-state index in [1.54, 1.807) is 37.9 Å². The van der Waals surface area contributed by atoms with Crippen LogP contribution < -0.4 is 9.46 Å². The van der Waals surface area contributed by atoms with Crippen LogP contribution in [0.3, 0.4) is 0 Å². The molecule has 2 fully saturated rings.